The zero-order valence-corrected chi connectivity index (χ0v) is 11.9. The van der Waals surface area contributed by atoms with E-state index in [0.29, 0.717) is 12.2 Å². The molecule has 1 aromatic carbocycles. The second kappa shape index (κ2) is 6.91. The van der Waals surface area contributed by atoms with Gasteiger partial charge in [0, 0.05) is 12.2 Å². The molecule has 1 aromatic heterocycles. The molecule has 4 nitrogen and oxygen atoms in total. The summed E-state index contributed by atoms with van der Waals surface area (Å²) in [4.78, 5) is 4.31. The molecule has 106 valence electrons. The summed E-state index contributed by atoms with van der Waals surface area (Å²) >= 11 is 0. The maximum Gasteiger partial charge on any atom is 0.138 e. The van der Waals surface area contributed by atoms with Crippen LogP contribution in [0.1, 0.15) is 17.0 Å². The summed E-state index contributed by atoms with van der Waals surface area (Å²) in [5.41, 5.74) is 2.76. The summed E-state index contributed by atoms with van der Waals surface area (Å²) in [5, 5.41) is 13.0. The molecule has 0 saturated heterocycles. The van der Waals surface area contributed by atoms with Gasteiger partial charge >= 0.3 is 0 Å². The summed E-state index contributed by atoms with van der Waals surface area (Å²) < 4.78 is 5.32. The van der Waals surface area contributed by atoms with Crippen LogP contribution in [0, 0.1) is 6.92 Å². The van der Waals surface area contributed by atoms with Crippen molar-refractivity contribution in [2.45, 2.75) is 19.9 Å². The normalized spacial score (nSPS) is 10.5. The number of rotatable bonds is 6. The highest BCUT2D eigenvalue weighted by molar-refractivity contribution is 5.33. The van der Waals surface area contributed by atoms with Gasteiger partial charge in [-0.05, 0) is 43.7 Å². The Morgan fingerprint density at radius 1 is 1.20 bits per heavy atom. The quantitative estimate of drug-likeness (QED) is 0.793. The number of para-hydroxylation sites is 1. The third-order valence-corrected chi connectivity index (χ3v) is 3.15. The van der Waals surface area contributed by atoms with E-state index in [1.54, 1.807) is 19.2 Å². The van der Waals surface area contributed by atoms with Gasteiger partial charge in [0.05, 0.1) is 12.8 Å². The van der Waals surface area contributed by atoms with Crippen molar-refractivity contribution in [2.75, 3.05) is 13.7 Å². The Balaban J connectivity index is 1.86. The molecule has 1 heterocycles. The Hall–Kier alpha value is -2.07. The van der Waals surface area contributed by atoms with Crippen LogP contribution < -0.4 is 10.1 Å². The first-order chi connectivity index (χ1) is 9.70. The first kappa shape index (κ1) is 14.3. The minimum Gasteiger partial charge on any atom is -0.506 e. The van der Waals surface area contributed by atoms with Crippen LogP contribution in [-0.4, -0.2) is 23.7 Å². The molecular formula is C16H20N2O2. The summed E-state index contributed by atoms with van der Waals surface area (Å²) in [6.07, 6.45) is 0.872. The average molecular weight is 272 g/mol. The first-order valence-corrected chi connectivity index (χ1v) is 6.69. The van der Waals surface area contributed by atoms with Crippen LogP contribution in [0.5, 0.6) is 11.5 Å². The van der Waals surface area contributed by atoms with Gasteiger partial charge < -0.3 is 15.2 Å². The van der Waals surface area contributed by atoms with Gasteiger partial charge in [-0.1, -0.05) is 18.2 Å². The molecule has 0 aliphatic rings. The number of methoxy groups -OCH3 is 1. The first-order valence-electron chi connectivity index (χ1n) is 6.69. The van der Waals surface area contributed by atoms with Crippen LogP contribution in [-0.2, 0) is 13.0 Å². The molecule has 0 saturated carbocycles. The third kappa shape index (κ3) is 3.71. The molecule has 0 atom stereocenters. The average Bonchev–Trinajstić information content (AvgIpc) is 2.47. The van der Waals surface area contributed by atoms with Gasteiger partial charge in [0.25, 0.3) is 0 Å². The highest BCUT2D eigenvalue weighted by Gasteiger charge is 2.04. The van der Waals surface area contributed by atoms with Crippen LogP contribution in [0.3, 0.4) is 0 Å². The lowest BCUT2D eigenvalue weighted by atomic mass is 10.1. The van der Waals surface area contributed by atoms with Crippen LogP contribution in [0.25, 0.3) is 0 Å². The second-order valence-electron chi connectivity index (χ2n) is 4.66. The van der Waals surface area contributed by atoms with E-state index in [2.05, 4.69) is 16.4 Å². The molecule has 0 aliphatic heterocycles. The van der Waals surface area contributed by atoms with Crippen molar-refractivity contribution in [3.05, 3.63) is 53.3 Å². The molecule has 0 aliphatic carbocycles. The number of nitrogens with one attached hydrogen (secondary N) is 1. The predicted octanol–water partition coefficient (Wildman–Crippen LogP) is 2.44. The van der Waals surface area contributed by atoms with Gasteiger partial charge in [-0.3, -0.25) is 4.98 Å². The Labute approximate surface area is 119 Å². The number of aryl methyl sites for hydroxylation is 1. The van der Waals surface area contributed by atoms with E-state index in [0.717, 1.165) is 24.4 Å². The molecule has 0 fully saturated rings. The van der Waals surface area contributed by atoms with E-state index < -0.39 is 0 Å². The molecule has 0 bridgehead atoms. The van der Waals surface area contributed by atoms with Crippen LogP contribution in [0.4, 0.5) is 0 Å². The van der Waals surface area contributed by atoms with Gasteiger partial charge in [-0.15, -0.1) is 0 Å². The lowest BCUT2D eigenvalue weighted by Crippen LogP contribution is -2.18. The van der Waals surface area contributed by atoms with Gasteiger partial charge in [-0.25, -0.2) is 0 Å². The number of hydrogen-bond acceptors (Lipinski definition) is 4. The molecule has 2 N–H and O–H groups in total. The minimum absolute atomic E-state index is 0.236. The number of hydrogen-bond donors (Lipinski definition) is 2. The highest BCUT2D eigenvalue weighted by Crippen LogP contribution is 2.17. The SMILES string of the molecule is COc1ccccc1CCNCc1nc(C)ccc1O. The molecule has 4 heteroatoms. The van der Waals surface area contributed by atoms with E-state index in [1.165, 1.54) is 5.56 Å². The Morgan fingerprint density at radius 3 is 2.80 bits per heavy atom. The fourth-order valence-electron chi connectivity index (χ4n) is 2.07. The molecular weight excluding hydrogens is 252 g/mol. The summed E-state index contributed by atoms with van der Waals surface area (Å²) in [6.45, 7) is 3.27. The number of ether oxygens (including phenoxy) is 1. The summed E-state index contributed by atoms with van der Waals surface area (Å²) in [6, 6.07) is 11.5. The predicted molar refractivity (Wildman–Crippen MR) is 79.0 cm³/mol. The lowest BCUT2D eigenvalue weighted by Gasteiger charge is -2.09. The van der Waals surface area contributed by atoms with E-state index in [-0.39, 0.29) is 5.75 Å². The maximum absolute atomic E-state index is 9.71. The van der Waals surface area contributed by atoms with Crippen molar-refractivity contribution in [2.24, 2.45) is 0 Å². The Morgan fingerprint density at radius 2 is 2.00 bits per heavy atom. The van der Waals surface area contributed by atoms with Gasteiger partial charge in [0.1, 0.15) is 11.5 Å². The largest absolute Gasteiger partial charge is 0.506 e. The Kier molecular flexibility index (Phi) is 4.96. The van der Waals surface area contributed by atoms with Gasteiger partial charge in [0.2, 0.25) is 0 Å². The van der Waals surface area contributed by atoms with Crippen molar-refractivity contribution in [3.8, 4) is 11.5 Å². The minimum atomic E-state index is 0.236. The monoisotopic (exact) mass is 272 g/mol. The van der Waals surface area contributed by atoms with Crippen molar-refractivity contribution in [1.82, 2.24) is 10.3 Å². The third-order valence-electron chi connectivity index (χ3n) is 3.15. The summed E-state index contributed by atoms with van der Waals surface area (Å²) in [5.74, 6) is 1.14. The molecule has 20 heavy (non-hydrogen) atoms. The van der Waals surface area contributed by atoms with Crippen LogP contribution >= 0.6 is 0 Å². The zero-order valence-electron chi connectivity index (χ0n) is 11.9. The van der Waals surface area contributed by atoms with E-state index in [1.807, 2.05) is 25.1 Å². The summed E-state index contributed by atoms with van der Waals surface area (Å²) in [7, 11) is 1.68. The number of benzene rings is 1. The van der Waals surface area contributed by atoms with Crippen molar-refractivity contribution in [3.63, 3.8) is 0 Å². The van der Waals surface area contributed by atoms with Crippen molar-refractivity contribution in [1.29, 1.82) is 0 Å². The van der Waals surface area contributed by atoms with Crippen molar-refractivity contribution < 1.29 is 9.84 Å². The van der Waals surface area contributed by atoms with Gasteiger partial charge in [0.15, 0.2) is 0 Å². The number of aromatic nitrogens is 1. The lowest BCUT2D eigenvalue weighted by molar-refractivity contribution is 0.409. The fourth-order valence-corrected chi connectivity index (χ4v) is 2.07. The molecule has 0 spiro atoms. The zero-order chi connectivity index (χ0) is 14.4. The van der Waals surface area contributed by atoms with Crippen LogP contribution in [0.2, 0.25) is 0 Å². The van der Waals surface area contributed by atoms with Crippen molar-refractivity contribution >= 4 is 0 Å². The maximum atomic E-state index is 9.71. The molecule has 2 aromatic rings. The standard InChI is InChI=1S/C16H20N2O2/c1-12-7-8-15(19)14(18-12)11-17-10-9-13-5-3-4-6-16(13)20-2/h3-8,17,19H,9-11H2,1-2H3. The molecule has 0 unspecified atom stereocenters. The fraction of sp³-hybridized carbons (Fsp3) is 0.312. The van der Waals surface area contributed by atoms with Gasteiger partial charge in [-0.2, -0.15) is 0 Å². The van der Waals surface area contributed by atoms with Crippen LogP contribution in [0.15, 0.2) is 36.4 Å². The van der Waals surface area contributed by atoms with E-state index in [4.69, 9.17) is 4.74 Å². The van der Waals surface area contributed by atoms with E-state index in [9.17, 15) is 5.11 Å². The topological polar surface area (TPSA) is 54.4 Å². The molecule has 0 radical (unpaired) electrons. The molecule has 2 rings (SSSR count). The molecule has 0 amide bonds. The number of nitrogens with zero attached hydrogens (tertiary/aromatic N) is 1. The number of aromatic hydroxyl groups is 1. The smallest absolute Gasteiger partial charge is 0.138 e. The Bertz CT molecular complexity index is 570. The van der Waals surface area contributed by atoms with E-state index >= 15 is 0 Å². The second-order valence-corrected chi connectivity index (χ2v) is 4.66. The highest BCUT2D eigenvalue weighted by atomic mass is 16.5. The number of pyridine rings is 1.